The summed E-state index contributed by atoms with van der Waals surface area (Å²) in [5.41, 5.74) is 0. The van der Waals surface area contributed by atoms with E-state index in [1.807, 2.05) is 4.72 Å². The van der Waals surface area contributed by atoms with Gasteiger partial charge >= 0.3 is 29.6 Å². The molecule has 0 aliphatic rings. The number of carbonyl (C=O) groups excluding carboxylic acids is 1. The van der Waals surface area contributed by atoms with Gasteiger partial charge in [-0.3, -0.25) is 0 Å². The molecule has 0 aliphatic carbocycles. The third-order valence-corrected chi connectivity index (χ3v) is 3.37. The maximum Gasteiger partial charge on any atom is 1.00 e. The average molecular weight is 269 g/mol. The van der Waals surface area contributed by atoms with Crippen molar-refractivity contribution in [1.29, 1.82) is 0 Å². The van der Waals surface area contributed by atoms with E-state index in [9.17, 15) is 22.7 Å². The van der Waals surface area contributed by atoms with Crippen molar-refractivity contribution >= 4 is 16.0 Å². The minimum absolute atomic E-state index is 0. The van der Waals surface area contributed by atoms with Crippen molar-refractivity contribution in [1.82, 2.24) is 4.72 Å². The Morgan fingerprint density at radius 1 is 1.35 bits per heavy atom. The first-order valence-corrected chi connectivity index (χ1v) is 5.80. The van der Waals surface area contributed by atoms with Gasteiger partial charge in [0.1, 0.15) is 5.82 Å². The number of aliphatic carboxylic acids is 1. The van der Waals surface area contributed by atoms with Crippen molar-refractivity contribution in [3.05, 3.63) is 30.1 Å². The van der Waals surface area contributed by atoms with Gasteiger partial charge in [-0.15, -0.1) is 0 Å². The molecule has 1 atom stereocenters. The summed E-state index contributed by atoms with van der Waals surface area (Å²) in [7, 11) is -3.96. The quantitative estimate of drug-likeness (QED) is 0.569. The van der Waals surface area contributed by atoms with Crippen LogP contribution in [-0.2, 0) is 14.8 Å². The van der Waals surface area contributed by atoms with Gasteiger partial charge in [-0.05, 0) is 31.2 Å². The molecular weight excluding hydrogens is 260 g/mol. The number of hydrogen-bond donors (Lipinski definition) is 1. The van der Waals surface area contributed by atoms with E-state index in [1.165, 1.54) is 0 Å². The van der Waals surface area contributed by atoms with Gasteiger partial charge in [-0.2, -0.15) is 0 Å². The van der Waals surface area contributed by atoms with Crippen LogP contribution in [0.2, 0.25) is 0 Å². The molecule has 0 saturated carbocycles. The van der Waals surface area contributed by atoms with Crippen LogP contribution in [0.15, 0.2) is 29.2 Å². The van der Waals surface area contributed by atoms with Crippen LogP contribution in [0.3, 0.4) is 0 Å². The van der Waals surface area contributed by atoms with Crippen LogP contribution >= 0.6 is 0 Å². The monoisotopic (exact) mass is 269 g/mol. The summed E-state index contributed by atoms with van der Waals surface area (Å²) >= 11 is 0. The molecule has 1 aromatic rings. The second-order valence-electron chi connectivity index (χ2n) is 3.12. The standard InChI is InChI=1S/C9H10FNO4S.Na/c1-6(9(12)13)11-16(14,15)8-4-2-7(10)3-5-8;/h2-6,11H,1H3,(H,12,13);/q;+1/p-1/t6-;/m0./s1. The van der Waals surface area contributed by atoms with E-state index < -0.39 is 27.9 Å². The van der Waals surface area contributed by atoms with E-state index in [0.29, 0.717) is 0 Å². The minimum Gasteiger partial charge on any atom is -0.548 e. The Labute approximate surface area is 120 Å². The van der Waals surface area contributed by atoms with Crippen LogP contribution in [0.5, 0.6) is 0 Å². The van der Waals surface area contributed by atoms with E-state index in [2.05, 4.69) is 0 Å². The molecule has 0 bridgehead atoms. The summed E-state index contributed by atoms with van der Waals surface area (Å²) in [5, 5.41) is 10.4. The first kappa shape index (κ1) is 16.5. The van der Waals surface area contributed by atoms with Crippen LogP contribution in [-0.4, -0.2) is 20.4 Å². The minimum atomic E-state index is -3.96. The van der Waals surface area contributed by atoms with E-state index >= 15 is 0 Å². The van der Waals surface area contributed by atoms with Crippen molar-refractivity contribution in [2.45, 2.75) is 17.9 Å². The van der Waals surface area contributed by atoms with Gasteiger partial charge in [-0.25, -0.2) is 17.5 Å². The van der Waals surface area contributed by atoms with E-state index in [0.717, 1.165) is 31.2 Å². The van der Waals surface area contributed by atoms with Crippen molar-refractivity contribution in [2.75, 3.05) is 0 Å². The molecular formula is C9H9FNNaO4S. The third kappa shape index (κ3) is 4.72. The Morgan fingerprint density at radius 3 is 2.24 bits per heavy atom. The number of halogens is 1. The van der Waals surface area contributed by atoms with Gasteiger partial charge < -0.3 is 9.90 Å². The largest absolute Gasteiger partial charge is 1.00 e. The molecule has 1 rings (SSSR count). The molecule has 0 fully saturated rings. The van der Waals surface area contributed by atoms with Crippen molar-refractivity contribution in [2.24, 2.45) is 0 Å². The number of carbonyl (C=O) groups is 1. The number of hydrogen-bond acceptors (Lipinski definition) is 4. The Kier molecular flexibility index (Phi) is 6.28. The maximum absolute atomic E-state index is 12.5. The fourth-order valence-corrected chi connectivity index (χ4v) is 2.15. The molecule has 0 heterocycles. The van der Waals surface area contributed by atoms with Gasteiger partial charge in [0.2, 0.25) is 10.0 Å². The van der Waals surface area contributed by atoms with Crippen LogP contribution in [0.25, 0.3) is 0 Å². The summed E-state index contributed by atoms with van der Waals surface area (Å²) in [6, 6.07) is 2.67. The van der Waals surface area contributed by atoms with Crippen LogP contribution in [0.4, 0.5) is 4.39 Å². The normalized spacial score (nSPS) is 12.6. The summed E-state index contributed by atoms with van der Waals surface area (Å²) in [4.78, 5) is 10.2. The zero-order chi connectivity index (χ0) is 12.3. The predicted molar refractivity (Wildman–Crippen MR) is 51.2 cm³/mol. The van der Waals surface area contributed by atoms with Crippen molar-refractivity contribution in [3.8, 4) is 0 Å². The van der Waals surface area contributed by atoms with Crippen molar-refractivity contribution < 1.29 is 52.3 Å². The molecule has 0 amide bonds. The van der Waals surface area contributed by atoms with Gasteiger partial charge in [0, 0.05) is 0 Å². The van der Waals surface area contributed by atoms with E-state index in [-0.39, 0.29) is 34.5 Å². The maximum atomic E-state index is 12.5. The topological polar surface area (TPSA) is 86.3 Å². The molecule has 8 heteroatoms. The predicted octanol–water partition coefficient (Wildman–Crippen LogP) is -3.75. The fraction of sp³-hybridized carbons (Fsp3) is 0.222. The molecule has 5 nitrogen and oxygen atoms in total. The number of benzene rings is 1. The van der Waals surface area contributed by atoms with Crippen LogP contribution < -0.4 is 39.4 Å². The molecule has 0 radical (unpaired) electrons. The number of nitrogens with one attached hydrogen (secondary N) is 1. The molecule has 1 N–H and O–H groups in total. The van der Waals surface area contributed by atoms with Crippen LogP contribution in [0, 0.1) is 5.82 Å². The zero-order valence-electron chi connectivity index (χ0n) is 9.31. The molecule has 1 aromatic carbocycles. The van der Waals surface area contributed by atoms with Crippen LogP contribution in [0.1, 0.15) is 6.92 Å². The third-order valence-electron chi connectivity index (χ3n) is 1.81. The first-order valence-electron chi connectivity index (χ1n) is 4.31. The van der Waals surface area contributed by atoms with Gasteiger partial charge in [-0.1, -0.05) is 0 Å². The summed E-state index contributed by atoms with van der Waals surface area (Å²) in [6.07, 6.45) is 0. The van der Waals surface area contributed by atoms with E-state index in [1.54, 1.807) is 0 Å². The number of sulfonamides is 1. The van der Waals surface area contributed by atoms with E-state index in [4.69, 9.17) is 0 Å². The number of rotatable bonds is 4. The molecule has 0 spiro atoms. The van der Waals surface area contributed by atoms with Crippen molar-refractivity contribution in [3.63, 3.8) is 0 Å². The average Bonchev–Trinajstić information content (AvgIpc) is 2.17. The molecule has 17 heavy (non-hydrogen) atoms. The molecule has 0 unspecified atom stereocenters. The summed E-state index contributed by atoms with van der Waals surface area (Å²) in [5.74, 6) is -2.11. The second kappa shape index (κ2) is 6.46. The van der Waals surface area contributed by atoms with Gasteiger partial charge in [0.15, 0.2) is 0 Å². The summed E-state index contributed by atoms with van der Waals surface area (Å²) < 4.78 is 37.5. The Hall–Kier alpha value is -0.470. The second-order valence-corrected chi connectivity index (χ2v) is 4.83. The Balaban J connectivity index is 0.00000256. The molecule has 0 saturated heterocycles. The zero-order valence-corrected chi connectivity index (χ0v) is 12.1. The van der Waals surface area contributed by atoms with Gasteiger partial charge in [0.05, 0.1) is 16.9 Å². The summed E-state index contributed by atoms with van der Waals surface area (Å²) in [6.45, 7) is 1.14. The molecule has 0 aromatic heterocycles. The number of carboxylic acids is 1. The SMILES string of the molecule is C[C@H](NS(=O)(=O)c1ccc(F)cc1)C(=O)[O-].[Na+]. The Bertz CT molecular complexity index is 488. The van der Waals surface area contributed by atoms with Gasteiger partial charge in [0.25, 0.3) is 0 Å². The first-order chi connectivity index (χ1) is 7.33. The molecule has 88 valence electrons. The number of carboxylic acid groups (broad SMARTS) is 1. The molecule has 0 aliphatic heterocycles. The smallest absolute Gasteiger partial charge is 0.548 e. The fourth-order valence-electron chi connectivity index (χ4n) is 0.963. The Morgan fingerprint density at radius 2 is 1.82 bits per heavy atom.